The molecule has 54 valence electrons. The van der Waals surface area contributed by atoms with E-state index in [1.54, 1.807) is 6.26 Å². The largest absolute Gasteiger partial charge is 0.549 e. The van der Waals surface area contributed by atoms with Gasteiger partial charge in [0, 0.05) is 4.48 Å². The van der Waals surface area contributed by atoms with Gasteiger partial charge in [0.25, 0.3) is 0 Å². The molecule has 0 rings (SSSR count). The lowest BCUT2D eigenvalue weighted by Crippen LogP contribution is -2.21. The first kappa shape index (κ1) is 9.24. The second-order valence-corrected chi connectivity index (χ2v) is 8.65. The Morgan fingerprint density at radius 3 is 2.00 bits per heavy atom. The molecule has 0 aromatic carbocycles. The summed E-state index contributed by atoms with van der Waals surface area (Å²) in [5.41, 5.74) is 0. The molecule has 0 spiro atoms. The van der Waals surface area contributed by atoms with Gasteiger partial charge in [-0.3, -0.25) is 0 Å². The smallest absolute Gasteiger partial charge is 0.241 e. The van der Waals surface area contributed by atoms with E-state index in [4.69, 9.17) is 4.43 Å². The van der Waals surface area contributed by atoms with Gasteiger partial charge in [0.15, 0.2) is 0 Å². The molecule has 0 atom stereocenters. The maximum atomic E-state index is 5.42. The molecule has 0 saturated heterocycles. The summed E-state index contributed by atoms with van der Waals surface area (Å²) in [4.78, 5) is 0. The molecule has 0 bridgehead atoms. The van der Waals surface area contributed by atoms with Crippen molar-refractivity contribution >= 4 is 24.2 Å². The fourth-order valence-electron chi connectivity index (χ4n) is 0.258. The van der Waals surface area contributed by atoms with Gasteiger partial charge < -0.3 is 4.43 Å². The summed E-state index contributed by atoms with van der Waals surface area (Å²) in [6.45, 7) is 8.42. The van der Waals surface area contributed by atoms with Crippen LogP contribution in [0.3, 0.4) is 0 Å². The number of allylic oxidation sites excluding steroid dienone is 1. The van der Waals surface area contributed by atoms with Crippen LogP contribution < -0.4 is 0 Å². The van der Waals surface area contributed by atoms with Crippen molar-refractivity contribution in [2.75, 3.05) is 0 Å². The fraction of sp³-hybridized carbons (Fsp3) is 0.667. The molecule has 1 nitrogen and oxygen atoms in total. The van der Waals surface area contributed by atoms with E-state index < -0.39 is 8.32 Å². The fourth-order valence-corrected chi connectivity index (χ4v) is 1.05. The van der Waals surface area contributed by atoms with Gasteiger partial charge in [-0.2, -0.15) is 0 Å². The highest BCUT2D eigenvalue weighted by Crippen LogP contribution is 2.08. The first-order valence-corrected chi connectivity index (χ1v) is 7.12. The van der Waals surface area contributed by atoms with Crippen LogP contribution in [-0.4, -0.2) is 8.32 Å². The lowest BCUT2D eigenvalue weighted by Gasteiger charge is -2.14. The Balaban J connectivity index is 3.64. The molecule has 0 aliphatic carbocycles. The number of rotatable bonds is 2. The van der Waals surface area contributed by atoms with Gasteiger partial charge in [0.2, 0.25) is 8.32 Å². The van der Waals surface area contributed by atoms with Crippen molar-refractivity contribution in [3.8, 4) is 0 Å². The summed E-state index contributed by atoms with van der Waals surface area (Å²) in [6.07, 6.45) is 1.77. The molecular weight excluding hydrogens is 196 g/mol. The number of halogens is 1. The van der Waals surface area contributed by atoms with Crippen LogP contribution in [0.15, 0.2) is 10.7 Å². The summed E-state index contributed by atoms with van der Waals surface area (Å²) in [5.74, 6) is 0. The lowest BCUT2D eigenvalue weighted by atomic mass is 10.7. The van der Waals surface area contributed by atoms with Gasteiger partial charge in [0.1, 0.15) is 0 Å². The Bertz CT molecular complexity index is 111. The van der Waals surface area contributed by atoms with Crippen LogP contribution >= 0.6 is 15.9 Å². The first-order chi connectivity index (χ1) is 3.92. The van der Waals surface area contributed by atoms with E-state index in [0.29, 0.717) is 0 Å². The Morgan fingerprint density at radius 1 is 1.44 bits per heavy atom. The third kappa shape index (κ3) is 8.24. The van der Waals surface area contributed by atoms with E-state index in [1.165, 1.54) is 0 Å². The maximum Gasteiger partial charge on any atom is 0.241 e. The molecule has 0 aromatic rings. The lowest BCUT2D eigenvalue weighted by molar-refractivity contribution is 0.477. The van der Waals surface area contributed by atoms with E-state index >= 15 is 0 Å². The zero-order chi connectivity index (χ0) is 7.49. The highest BCUT2D eigenvalue weighted by atomic mass is 79.9. The molecule has 0 aliphatic heterocycles. The van der Waals surface area contributed by atoms with Crippen LogP contribution in [0.5, 0.6) is 0 Å². The van der Waals surface area contributed by atoms with Gasteiger partial charge in [-0.25, -0.2) is 0 Å². The minimum absolute atomic E-state index is 1.05. The molecular formula is C6H13BrOSi. The number of hydrogen-bond acceptors (Lipinski definition) is 1. The monoisotopic (exact) mass is 208 g/mol. The second kappa shape index (κ2) is 3.42. The van der Waals surface area contributed by atoms with E-state index in [-0.39, 0.29) is 0 Å². The zero-order valence-electron chi connectivity index (χ0n) is 6.36. The molecule has 0 heterocycles. The summed E-state index contributed by atoms with van der Waals surface area (Å²) >= 11 is 3.29. The van der Waals surface area contributed by atoms with E-state index in [1.807, 2.05) is 6.92 Å². The summed E-state index contributed by atoms with van der Waals surface area (Å²) in [5, 5.41) is 0. The molecule has 0 N–H and O–H groups in total. The van der Waals surface area contributed by atoms with Crippen molar-refractivity contribution in [2.24, 2.45) is 0 Å². The highest BCUT2D eigenvalue weighted by Gasteiger charge is 2.12. The third-order valence-corrected chi connectivity index (χ3v) is 1.59. The predicted molar refractivity (Wildman–Crippen MR) is 47.1 cm³/mol. The van der Waals surface area contributed by atoms with Gasteiger partial charge in [0.05, 0.1) is 6.26 Å². The highest BCUT2D eigenvalue weighted by molar-refractivity contribution is 9.11. The van der Waals surface area contributed by atoms with E-state index in [2.05, 4.69) is 35.6 Å². The zero-order valence-corrected chi connectivity index (χ0v) is 8.95. The SMILES string of the molecule is CC(Br)=CO[Si](C)(C)C. The standard InChI is InChI=1S/C6H13BrOSi/c1-6(7)5-8-9(2,3)4/h5H,1-4H3. The molecule has 0 aliphatic rings. The van der Waals surface area contributed by atoms with Crippen LogP contribution in [-0.2, 0) is 4.43 Å². The van der Waals surface area contributed by atoms with Crippen LogP contribution in [0.2, 0.25) is 19.6 Å². The quantitative estimate of drug-likeness (QED) is 0.501. The molecule has 0 radical (unpaired) electrons. The van der Waals surface area contributed by atoms with Crippen LogP contribution in [0, 0.1) is 0 Å². The van der Waals surface area contributed by atoms with Crippen LogP contribution in [0.4, 0.5) is 0 Å². The molecule has 0 saturated carbocycles. The van der Waals surface area contributed by atoms with Crippen molar-refractivity contribution in [1.29, 1.82) is 0 Å². The Hall–Kier alpha value is 0.237. The van der Waals surface area contributed by atoms with Crippen molar-refractivity contribution in [2.45, 2.75) is 26.6 Å². The molecule has 0 unspecified atom stereocenters. The summed E-state index contributed by atoms with van der Waals surface area (Å²) in [7, 11) is -1.33. The Morgan fingerprint density at radius 2 is 1.89 bits per heavy atom. The van der Waals surface area contributed by atoms with Crippen molar-refractivity contribution in [3.63, 3.8) is 0 Å². The molecule has 9 heavy (non-hydrogen) atoms. The Labute approximate surface area is 66.4 Å². The molecule has 0 amide bonds. The van der Waals surface area contributed by atoms with Crippen LogP contribution in [0.25, 0.3) is 0 Å². The topological polar surface area (TPSA) is 9.23 Å². The summed E-state index contributed by atoms with van der Waals surface area (Å²) < 4.78 is 6.47. The van der Waals surface area contributed by atoms with Crippen LogP contribution in [0.1, 0.15) is 6.92 Å². The Kier molecular flexibility index (Phi) is 3.51. The van der Waals surface area contributed by atoms with E-state index in [9.17, 15) is 0 Å². The van der Waals surface area contributed by atoms with Gasteiger partial charge >= 0.3 is 0 Å². The normalized spacial score (nSPS) is 13.7. The second-order valence-electron chi connectivity index (χ2n) is 2.93. The minimum atomic E-state index is -1.33. The number of hydrogen-bond donors (Lipinski definition) is 0. The van der Waals surface area contributed by atoms with Crippen molar-refractivity contribution < 1.29 is 4.43 Å². The summed E-state index contributed by atoms with van der Waals surface area (Å²) in [6, 6.07) is 0. The molecule has 3 heteroatoms. The van der Waals surface area contributed by atoms with Crippen molar-refractivity contribution in [1.82, 2.24) is 0 Å². The van der Waals surface area contributed by atoms with Gasteiger partial charge in [-0.1, -0.05) is 15.9 Å². The molecule has 0 fully saturated rings. The van der Waals surface area contributed by atoms with Crippen molar-refractivity contribution in [3.05, 3.63) is 10.7 Å². The predicted octanol–water partition coefficient (Wildman–Crippen LogP) is 3.09. The average Bonchev–Trinajstić information content (AvgIpc) is 1.59. The van der Waals surface area contributed by atoms with E-state index in [0.717, 1.165) is 4.48 Å². The first-order valence-electron chi connectivity index (χ1n) is 2.92. The molecule has 0 aromatic heterocycles. The van der Waals surface area contributed by atoms with Gasteiger partial charge in [-0.15, -0.1) is 0 Å². The maximum absolute atomic E-state index is 5.42. The third-order valence-electron chi connectivity index (χ3n) is 0.575. The van der Waals surface area contributed by atoms with Gasteiger partial charge in [-0.05, 0) is 26.6 Å². The average molecular weight is 209 g/mol. The minimum Gasteiger partial charge on any atom is -0.549 e.